The summed E-state index contributed by atoms with van der Waals surface area (Å²) in [6.45, 7) is 3.54. The van der Waals surface area contributed by atoms with Gasteiger partial charge in [-0.25, -0.2) is 14.9 Å². The van der Waals surface area contributed by atoms with Gasteiger partial charge in [-0.2, -0.15) is 0 Å². The van der Waals surface area contributed by atoms with Gasteiger partial charge in [-0.3, -0.25) is 4.79 Å². The largest absolute Gasteiger partial charge is 0.478 e. The van der Waals surface area contributed by atoms with Gasteiger partial charge in [-0.1, -0.05) is 54.6 Å². The molecule has 0 spiro atoms. The first kappa shape index (κ1) is 23.6. The molecule has 1 amide bonds. The number of hydrogen-bond acceptors (Lipinski definition) is 7. The van der Waals surface area contributed by atoms with Crippen LogP contribution in [0.15, 0.2) is 77.2 Å². The van der Waals surface area contributed by atoms with Crippen LogP contribution in [-0.2, 0) is 6.54 Å². The SMILES string of the molecule is Cc1nc(C(=O)N(Cc2ccc(-c3ccccc3-c3nnn[nH]3)cc2)c2cccc(C(=O)O)c2)c(C)o1. The Morgan fingerprint density at radius 3 is 2.38 bits per heavy atom. The topological polar surface area (TPSA) is 138 Å². The normalized spacial score (nSPS) is 10.9. The molecule has 184 valence electrons. The lowest BCUT2D eigenvalue weighted by Crippen LogP contribution is -2.31. The summed E-state index contributed by atoms with van der Waals surface area (Å²) in [6.07, 6.45) is 0. The van der Waals surface area contributed by atoms with E-state index < -0.39 is 5.97 Å². The highest BCUT2D eigenvalue weighted by molar-refractivity contribution is 6.06. The fourth-order valence-electron chi connectivity index (χ4n) is 4.13. The quantitative estimate of drug-likeness (QED) is 0.332. The molecule has 3 aromatic carbocycles. The Labute approximate surface area is 211 Å². The van der Waals surface area contributed by atoms with E-state index in [1.54, 1.807) is 26.0 Å². The van der Waals surface area contributed by atoms with E-state index in [4.69, 9.17) is 4.42 Å². The predicted molar refractivity (Wildman–Crippen MR) is 135 cm³/mol. The van der Waals surface area contributed by atoms with E-state index in [-0.39, 0.29) is 23.7 Å². The maximum absolute atomic E-state index is 13.6. The molecule has 0 fully saturated rings. The molecule has 0 saturated carbocycles. The minimum atomic E-state index is -1.08. The van der Waals surface area contributed by atoms with E-state index in [2.05, 4.69) is 25.6 Å². The highest BCUT2D eigenvalue weighted by Crippen LogP contribution is 2.30. The summed E-state index contributed by atoms with van der Waals surface area (Å²) in [4.78, 5) is 30.9. The number of amides is 1. The van der Waals surface area contributed by atoms with Crippen molar-refractivity contribution in [3.63, 3.8) is 0 Å². The molecule has 2 aromatic heterocycles. The predicted octanol–water partition coefficient (Wildman–Crippen LogP) is 4.68. The number of anilines is 1. The number of hydrogen-bond donors (Lipinski definition) is 2. The molecule has 0 bridgehead atoms. The smallest absolute Gasteiger partial charge is 0.335 e. The van der Waals surface area contributed by atoms with Crippen molar-refractivity contribution in [2.24, 2.45) is 0 Å². The number of aromatic nitrogens is 5. The van der Waals surface area contributed by atoms with Gasteiger partial charge in [-0.05, 0) is 52.2 Å². The van der Waals surface area contributed by atoms with Gasteiger partial charge in [-0.15, -0.1) is 5.10 Å². The first-order chi connectivity index (χ1) is 17.9. The fourth-order valence-corrected chi connectivity index (χ4v) is 4.13. The summed E-state index contributed by atoms with van der Waals surface area (Å²) in [6, 6.07) is 21.8. The number of carboxylic acids is 1. The fraction of sp³-hybridized carbons (Fsp3) is 0.111. The van der Waals surface area contributed by atoms with E-state index in [0.29, 0.717) is 23.2 Å². The summed E-state index contributed by atoms with van der Waals surface area (Å²) in [5, 5.41) is 23.6. The molecule has 0 atom stereocenters. The van der Waals surface area contributed by atoms with E-state index >= 15 is 0 Å². The number of carbonyl (C=O) groups is 2. The van der Waals surface area contributed by atoms with Crippen LogP contribution in [0.5, 0.6) is 0 Å². The summed E-state index contributed by atoms with van der Waals surface area (Å²) in [7, 11) is 0. The van der Waals surface area contributed by atoms with E-state index in [9.17, 15) is 14.7 Å². The highest BCUT2D eigenvalue weighted by Gasteiger charge is 2.24. The first-order valence-electron chi connectivity index (χ1n) is 11.4. The second kappa shape index (κ2) is 9.86. The lowest BCUT2D eigenvalue weighted by molar-refractivity contribution is 0.0696. The van der Waals surface area contributed by atoms with Gasteiger partial charge in [0.25, 0.3) is 5.91 Å². The van der Waals surface area contributed by atoms with Crippen molar-refractivity contribution in [1.82, 2.24) is 25.6 Å². The zero-order chi connectivity index (χ0) is 25.9. The number of aromatic carboxylic acids is 1. The third-order valence-corrected chi connectivity index (χ3v) is 5.89. The Kier molecular flexibility index (Phi) is 6.29. The van der Waals surface area contributed by atoms with E-state index in [0.717, 1.165) is 22.3 Å². The summed E-state index contributed by atoms with van der Waals surface area (Å²) in [5.41, 5.74) is 4.31. The number of nitrogens with zero attached hydrogens (tertiary/aromatic N) is 5. The Morgan fingerprint density at radius 1 is 0.973 bits per heavy atom. The Morgan fingerprint density at radius 2 is 1.73 bits per heavy atom. The van der Waals surface area contributed by atoms with Crippen molar-refractivity contribution in [2.45, 2.75) is 20.4 Å². The highest BCUT2D eigenvalue weighted by atomic mass is 16.4. The van der Waals surface area contributed by atoms with Gasteiger partial charge in [0, 0.05) is 18.2 Å². The van der Waals surface area contributed by atoms with Gasteiger partial charge in [0.05, 0.1) is 12.1 Å². The van der Waals surface area contributed by atoms with Crippen LogP contribution < -0.4 is 4.90 Å². The summed E-state index contributed by atoms with van der Waals surface area (Å²) in [5.74, 6) is -0.120. The zero-order valence-electron chi connectivity index (χ0n) is 20.0. The molecule has 2 N–H and O–H groups in total. The third-order valence-electron chi connectivity index (χ3n) is 5.89. The van der Waals surface area contributed by atoms with E-state index in [1.807, 2.05) is 48.5 Å². The maximum Gasteiger partial charge on any atom is 0.335 e. The molecule has 5 aromatic rings. The van der Waals surface area contributed by atoms with Gasteiger partial charge >= 0.3 is 5.97 Å². The minimum Gasteiger partial charge on any atom is -0.478 e. The van der Waals surface area contributed by atoms with Crippen LogP contribution in [0.2, 0.25) is 0 Å². The number of aryl methyl sites for hydroxylation is 2. The number of H-pyrrole nitrogens is 1. The molecule has 5 rings (SSSR count). The minimum absolute atomic E-state index is 0.0808. The van der Waals surface area contributed by atoms with Gasteiger partial charge < -0.3 is 14.4 Å². The molecule has 10 heteroatoms. The molecule has 10 nitrogen and oxygen atoms in total. The molecule has 37 heavy (non-hydrogen) atoms. The lowest BCUT2D eigenvalue weighted by Gasteiger charge is -2.23. The zero-order valence-corrected chi connectivity index (χ0v) is 20.0. The third kappa shape index (κ3) is 4.85. The van der Waals surface area contributed by atoms with Crippen LogP contribution in [0, 0.1) is 13.8 Å². The average Bonchev–Trinajstić information content (AvgIpc) is 3.57. The molecule has 0 aliphatic heterocycles. The number of benzene rings is 3. The molecule has 0 aliphatic rings. The maximum atomic E-state index is 13.6. The van der Waals surface area contributed by atoms with Crippen LogP contribution in [0.4, 0.5) is 5.69 Å². The molecule has 0 aliphatic carbocycles. The van der Waals surface area contributed by atoms with Gasteiger partial charge in [0.1, 0.15) is 5.76 Å². The molecule has 0 saturated heterocycles. The molecule has 0 unspecified atom stereocenters. The van der Waals surface area contributed by atoms with Crippen LogP contribution in [0.3, 0.4) is 0 Å². The monoisotopic (exact) mass is 494 g/mol. The summed E-state index contributed by atoms with van der Waals surface area (Å²) >= 11 is 0. The molecular weight excluding hydrogens is 472 g/mol. The molecule has 0 radical (unpaired) electrons. The van der Waals surface area contributed by atoms with Crippen molar-refractivity contribution >= 4 is 17.6 Å². The summed E-state index contributed by atoms with van der Waals surface area (Å²) < 4.78 is 5.47. The second-order valence-corrected chi connectivity index (χ2v) is 8.38. The van der Waals surface area contributed by atoms with Crippen LogP contribution in [0.25, 0.3) is 22.5 Å². The number of nitrogens with one attached hydrogen (secondary N) is 1. The van der Waals surface area contributed by atoms with Gasteiger partial charge in [0.15, 0.2) is 17.4 Å². The van der Waals surface area contributed by atoms with Crippen LogP contribution in [-0.4, -0.2) is 42.6 Å². The number of aromatic amines is 1. The average molecular weight is 495 g/mol. The van der Waals surface area contributed by atoms with Crippen molar-refractivity contribution in [3.05, 3.63) is 101 Å². The van der Waals surface area contributed by atoms with Crippen molar-refractivity contribution in [1.29, 1.82) is 0 Å². The van der Waals surface area contributed by atoms with Crippen molar-refractivity contribution < 1.29 is 19.1 Å². The Hall–Kier alpha value is -5.12. The molecular formula is C27H22N6O4. The number of tetrazole rings is 1. The van der Waals surface area contributed by atoms with Crippen LogP contribution >= 0.6 is 0 Å². The van der Waals surface area contributed by atoms with Crippen molar-refractivity contribution in [2.75, 3.05) is 4.90 Å². The lowest BCUT2D eigenvalue weighted by atomic mass is 9.98. The first-order valence-corrected chi connectivity index (χ1v) is 11.4. The number of carboxylic acid groups (broad SMARTS) is 1. The van der Waals surface area contributed by atoms with Crippen LogP contribution in [0.1, 0.15) is 38.1 Å². The van der Waals surface area contributed by atoms with Gasteiger partial charge in [0.2, 0.25) is 0 Å². The molecule has 2 heterocycles. The second-order valence-electron chi connectivity index (χ2n) is 8.38. The number of oxazole rings is 1. The number of rotatable bonds is 7. The Bertz CT molecular complexity index is 1580. The Balaban J connectivity index is 1.49. The van der Waals surface area contributed by atoms with E-state index in [1.165, 1.54) is 17.0 Å². The van der Waals surface area contributed by atoms with Crippen molar-refractivity contribution in [3.8, 4) is 22.5 Å². The standard InChI is InChI=1S/C27H22N6O4/c1-16-24(28-17(2)37-16)26(34)33(21-7-5-6-20(14-21)27(35)36)15-18-10-12-19(13-11-18)22-8-3-4-9-23(22)25-29-31-32-30-25/h3-14H,15H2,1-2H3,(H,35,36)(H,29,30,31,32). The number of carbonyl (C=O) groups excluding carboxylic acids is 1.